The van der Waals surface area contributed by atoms with Crippen LogP contribution in [0.4, 0.5) is 0 Å². The third-order valence-electron chi connectivity index (χ3n) is 1.90. The average molecular weight is 152 g/mol. The molecule has 1 saturated heterocycles. The van der Waals surface area contributed by atoms with E-state index in [9.17, 15) is 0 Å². The van der Waals surface area contributed by atoms with Crippen LogP contribution >= 0.6 is 0 Å². The summed E-state index contributed by atoms with van der Waals surface area (Å²) < 4.78 is 1.85. The lowest BCUT2D eigenvalue weighted by Crippen LogP contribution is -2.09. The molecule has 0 saturated carbocycles. The molecular formula is C6H9BN2O2. The predicted molar refractivity (Wildman–Crippen MR) is 40.1 cm³/mol. The summed E-state index contributed by atoms with van der Waals surface area (Å²) >= 11 is 0. The molecule has 1 fully saturated rings. The molecule has 11 heavy (non-hydrogen) atoms. The zero-order chi connectivity index (χ0) is 7.68. The second-order valence-electron chi connectivity index (χ2n) is 2.65. The summed E-state index contributed by atoms with van der Waals surface area (Å²) in [4.78, 5) is 9.59. The molecule has 4 nitrogen and oxygen atoms in total. The van der Waals surface area contributed by atoms with Crippen molar-refractivity contribution in [2.24, 2.45) is 7.05 Å². The molecule has 1 aliphatic rings. The van der Waals surface area contributed by atoms with E-state index in [-0.39, 0.29) is 0 Å². The van der Waals surface area contributed by atoms with Crippen molar-refractivity contribution < 1.29 is 9.69 Å². The van der Waals surface area contributed by atoms with Gasteiger partial charge in [0.2, 0.25) is 0 Å². The second-order valence-corrected chi connectivity index (χ2v) is 2.65. The van der Waals surface area contributed by atoms with Gasteiger partial charge < -0.3 is 4.81 Å². The molecule has 5 heteroatoms. The van der Waals surface area contributed by atoms with E-state index in [2.05, 4.69) is 5.10 Å². The van der Waals surface area contributed by atoms with Gasteiger partial charge in [-0.2, -0.15) is 5.10 Å². The first-order chi connectivity index (χ1) is 5.38. The maximum absolute atomic E-state index is 4.79. The summed E-state index contributed by atoms with van der Waals surface area (Å²) in [5.74, 6) is 0.350. The van der Waals surface area contributed by atoms with Crippen molar-refractivity contribution in [3.8, 4) is 0 Å². The van der Waals surface area contributed by atoms with Crippen molar-refractivity contribution in [2.45, 2.75) is 5.82 Å². The van der Waals surface area contributed by atoms with Gasteiger partial charge in [0, 0.05) is 24.8 Å². The molecule has 0 aliphatic carbocycles. The van der Waals surface area contributed by atoms with E-state index in [1.807, 2.05) is 17.8 Å². The lowest BCUT2D eigenvalue weighted by Gasteiger charge is -2.03. The fraction of sp³-hybridized carbons (Fsp3) is 0.500. The van der Waals surface area contributed by atoms with Crippen LogP contribution in [0.3, 0.4) is 0 Å². The molecule has 2 rings (SSSR count). The molecule has 1 aliphatic heterocycles. The van der Waals surface area contributed by atoms with Gasteiger partial charge in [0.15, 0.2) is 0 Å². The summed E-state index contributed by atoms with van der Waals surface area (Å²) in [6.45, 7) is 0.638. The highest BCUT2D eigenvalue weighted by Gasteiger charge is 2.23. The first kappa shape index (κ1) is 6.88. The highest BCUT2D eigenvalue weighted by atomic mass is 17.2. The van der Waals surface area contributed by atoms with E-state index in [1.54, 1.807) is 6.20 Å². The quantitative estimate of drug-likeness (QED) is 0.412. The van der Waals surface area contributed by atoms with Crippen LogP contribution in [0.25, 0.3) is 0 Å². The Bertz CT molecular complexity index is 244. The van der Waals surface area contributed by atoms with Crippen molar-refractivity contribution in [2.75, 3.05) is 6.61 Å². The Balaban J connectivity index is 2.21. The van der Waals surface area contributed by atoms with Crippen LogP contribution in [0.2, 0.25) is 0 Å². The van der Waals surface area contributed by atoms with Crippen LogP contribution in [-0.2, 0) is 16.7 Å². The molecule has 0 bridgehead atoms. The van der Waals surface area contributed by atoms with Crippen LogP contribution < -0.4 is 0 Å². The lowest BCUT2D eigenvalue weighted by molar-refractivity contribution is -0.183. The summed E-state index contributed by atoms with van der Waals surface area (Å²) in [6.07, 6.45) is 1.79. The molecule has 0 amide bonds. The Morgan fingerprint density at radius 3 is 3.27 bits per heavy atom. The minimum Gasteiger partial charge on any atom is -0.309 e. The Hall–Kier alpha value is -0.805. The maximum Gasteiger partial charge on any atom is 0.334 e. The van der Waals surface area contributed by atoms with Gasteiger partial charge in [0.25, 0.3) is 0 Å². The first-order valence-corrected chi connectivity index (χ1v) is 3.60. The topological polar surface area (TPSA) is 36.3 Å². The van der Waals surface area contributed by atoms with E-state index in [1.165, 1.54) is 5.69 Å². The summed E-state index contributed by atoms with van der Waals surface area (Å²) in [7, 11) is 2.56. The predicted octanol–water partition coefficient (Wildman–Crippen LogP) is -0.225. The van der Waals surface area contributed by atoms with Crippen molar-refractivity contribution >= 4 is 7.48 Å². The molecule has 0 radical (unpaired) electrons. The maximum atomic E-state index is 4.79. The normalized spacial score (nSPS) is 23.5. The number of hydrogen-bond donors (Lipinski definition) is 0. The van der Waals surface area contributed by atoms with E-state index in [0.29, 0.717) is 19.9 Å². The van der Waals surface area contributed by atoms with E-state index in [0.717, 1.165) is 0 Å². The van der Waals surface area contributed by atoms with Crippen molar-refractivity contribution in [1.29, 1.82) is 0 Å². The van der Waals surface area contributed by atoms with Crippen LogP contribution in [0.5, 0.6) is 0 Å². The minimum absolute atomic E-state index is 0.350. The van der Waals surface area contributed by atoms with Gasteiger partial charge in [-0.15, -0.1) is 0 Å². The van der Waals surface area contributed by atoms with Crippen LogP contribution in [0, 0.1) is 0 Å². The lowest BCUT2D eigenvalue weighted by atomic mass is 9.79. The van der Waals surface area contributed by atoms with Gasteiger partial charge >= 0.3 is 7.48 Å². The van der Waals surface area contributed by atoms with Gasteiger partial charge in [-0.05, 0) is 6.07 Å². The monoisotopic (exact) mass is 152 g/mol. The SMILES string of the molecule is Cn1nccc1C1BOOC1. The van der Waals surface area contributed by atoms with Gasteiger partial charge in [-0.1, -0.05) is 0 Å². The molecule has 0 N–H and O–H groups in total. The van der Waals surface area contributed by atoms with E-state index >= 15 is 0 Å². The number of aryl methyl sites for hydroxylation is 1. The number of rotatable bonds is 1. The smallest absolute Gasteiger partial charge is 0.309 e. The highest BCUT2D eigenvalue weighted by Crippen LogP contribution is 2.18. The highest BCUT2D eigenvalue weighted by molar-refractivity contribution is 6.30. The second kappa shape index (κ2) is 2.67. The zero-order valence-corrected chi connectivity index (χ0v) is 6.36. The van der Waals surface area contributed by atoms with Crippen molar-refractivity contribution in [1.82, 2.24) is 9.78 Å². The third kappa shape index (κ3) is 1.17. The minimum atomic E-state index is 0.350. The number of nitrogens with zero attached hydrogens (tertiary/aromatic N) is 2. The Morgan fingerprint density at radius 1 is 1.82 bits per heavy atom. The fourth-order valence-electron chi connectivity index (χ4n) is 1.26. The van der Waals surface area contributed by atoms with Crippen LogP contribution in [-0.4, -0.2) is 23.9 Å². The summed E-state index contributed by atoms with van der Waals surface area (Å²) in [5.41, 5.74) is 1.17. The molecule has 1 atom stereocenters. The molecule has 2 heterocycles. The Kier molecular flexibility index (Phi) is 1.67. The molecule has 0 spiro atoms. The molecular weight excluding hydrogens is 143 g/mol. The van der Waals surface area contributed by atoms with E-state index in [4.69, 9.17) is 9.69 Å². The van der Waals surface area contributed by atoms with Gasteiger partial charge in [0.05, 0.1) is 6.61 Å². The standard InChI is InChI=1S/C6H9BN2O2/c1-9-6(2-3-8-9)5-4-10-11-7-5/h2-3,5,7H,4H2,1H3. The van der Waals surface area contributed by atoms with Crippen molar-refractivity contribution in [3.63, 3.8) is 0 Å². The Morgan fingerprint density at radius 2 is 2.73 bits per heavy atom. The van der Waals surface area contributed by atoms with Crippen molar-refractivity contribution in [3.05, 3.63) is 18.0 Å². The molecule has 58 valence electrons. The Labute approximate surface area is 65.3 Å². The van der Waals surface area contributed by atoms with Gasteiger partial charge in [-0.25, -0.2) is 0 Å². The number of aromatic nitrogens is 2. The zero-order valence-electron chi connectivity index (χ0n) is 6.36. The molecule has 1 aromatic rings. The van der Waals surface area contributed by atoms with Gasteiger partial charge in [-0.3, -0.25) is 9.57 Å². The summed E-state index contributed by atoms with van der Waals surface area (Å²) in [6, 6.07) is 1.99. The van der Waals surface area contributed by atoms with Crippen LogP contribution in [0.15, 0.2) is 12.3 Å². The fourth-order valence-corrected chi connectivity index (χ4v) is 1.26. The molecule has 1 aromatic heterocycles. The first-order valence-electron chi connectivity index (χ1n) is 3.60. The largest absolute Gasteiger partial charge is 0.334 e. The third-order valence-corrected chi connectivity index (χ3v) is 1.90. The summed E-state index contributed by atoms with van der Waals surface area (Å²) in [5, 5.41) is 4.07. The molecule has 0 aromatic carbocycles. The number of hydrogen-bond acceptors (Lipinski definition) is 3. The average Bonchev–Trinajstić information content (AvgIpc) is 2.55. The van der Waals surface area contributed by atoms with Crippen LogP contribution in [0.1, 0.15) is 11.5 Å². The van der Waals surface area contributed by atoms with E-state index < -0.39 is 0 Å². The van der Waals surface area contributed by atoms with Gasteiger partial charge in [0.1, 0.15) is 0 Å². The molecule has 1 unspecified atom stereocenters.